The van der Waals surface area contributed by atoms with Gasteiger partial charge >= 0.3 is 0 Å². The molecule has 2 N–H and O–H groups in total. The number of aryl methyl sites for hydroxylation is 1. The average molecular weight is 302 g/mol. The Morgan fingerprint density at radius 3 is 2.77 bits per heavy atom. The fourth-order valence-corrected chi connectivity index (χ4v) is 2.89. The van der Waals surface area contributed by atoms with E-state index in [1.54, 1.807) is 29.0 Å². The number of hydrogen-bond acceptors (Lipinski definition) is 4. The third kappa shape index (κ3) is 2.26. The number of carbonyl (C=O) groups excluding carboxylic acids is 2. The molecule has 1 fully saturated rings. The third-order valence-corrected chi connectivity index (χ3v) is 4.28. The first-order valence-corrected chi connectivity index (χ1v) is 7.03. The number of carbonyl (C=O) groups is 2. The van der Waals surface area contributed by atoms with Crippen LogP contribution in [0.1, 0.15) is 23.7 Å². The molecule has 3 rings (SSSR count). The minimum absolute atomic E-state index is 0.0411. The molecule has 116 valence electrons. The molecule has 22 heavy (non-hydrogen) atoms. The van der Waals surface area contributed by atoms with Crippen molar-refractivity contribution in [3.8, 4) is 0 Å². The number of likely N-dealkylation sites (tertiary alicyclic amines) is 1. The van der Waals surface area contributed by atoms with Gasteiger partial charge in [-0.15, -0.1) is 0 Å². The van der Waals surface area contributed by atoms with Gasteiger partial charge in [-0.1, -0.05) is 0 Å². The van der Waals surface area contributed by atoms with Gasteiger partial charge in [0.25, 0.3) is 0 Å². The lowest BCUT2D eigenvalue weighted by Gasteiger charge is -2.24. The average Bonchev–Trinajstić information content (AvgIpc) is 3.16. The third-order valence-electron chi connectivity index (χ3n) is 4.28. The standard InChI is InChI=1S/C14H18N6O2/c1-8-11(7-17-20(8)3)13-10(4-12(21)19(13)2)14(22)18-9-5-15-16-6-9/h5-7,10,13H,4H2,1-3H3,(H,15,16)(H,18,22)/t10-,13-/m0/s1. The first-order valence-electron chi connectivity index (χ1n) is 7.03. The van der Waals surface area contributed by atoms with Crippen LogP contribution in [0.25, 0.3) is 0 Å². The summed E-state index contributed by atoms with van der Waals surface area (Å²) in [6.07, 6.45) is 5.05. The van der Waals surface area contributed by atoms with Crippen molar-refractivity contribution < 1.29 is 9.59 Å². The van der Waals surface area contributed by atoms with Crippen molar-refractivity contribution in [2.45, 2.75) is 19.4 Å². The Balaban J connectivity index is 1.90. The Kier molecular flexibility index (Phi) is 3.44. The first-order chi connectivity index (χ1) is 10.5. The second-order valence-corrected chi connectivity index (χ2v) is 5.55. The fraction of sp³-hybridized carbons (Fsp3) is 0.429. The number of H-pyrrole nitrogens is 1. The minimum atomic E-state index is -0.449. The van der Waals surface area contributed by atoms with Crippen molar-refractivity contribution in [2.75, 3.05) is 12.4 Å². The molecule has 8 heteroatoms. The van der Waals surface area contributed by atoms with Crippen molar-refractivity contribution in [2.24, 2.45) is 13.0 Å². The number of anilines is 1. The Labute approximate surface area is 127 Å². The molecular formula is C14H18N6O2. The highest BCUT2D eigenvalue weighted by Crippen LogP contribution is 2.38. The maximum atomic E-state index is 12.5. The summed E-state index contributed by atoms with van der Waals surface area (Å²) in [6, 6.07) is -0.298. The molecular weight excluding hydrogens is 284 g/mol. The summed E-state index contributed by atoms with van der Waals surface area (Å²) >= 11 is 0. The summed E-state index contributed by atoms with van der Waals surface area (Å²) in [5, 5.41) is 13.5. The summed E-state index contributed by atoms with van der Waals surface area (Å²) in [5.41, 5.74) is 2.45. The van der Waals surface area contributed by atoms with E-state index in [9.17, 15) is 9.59 Å². The van der Waals surface area contributed by atoms with Crippen molar-refractivity contribution in [3.05, 3.63) is 29.8 Å². The smallest absolute Gasteiger partial charge is 0.230 e. The van der Waals surface area contributed by atoms with Crippen LogP contribution in [0, 0.1) is 12.8 Å². The van der Waals surface area contributed by atoms with E-state index >= 15 is 0 Å². The van der Waals surface area contributed by atoms with E-state index in [4.69, 9.17) is 0 Å². The van der Waals surface area contributed by atoms with Gasteiger partial charge in [0.1, 0.15) is 0 Å². The molecule has 0 aromatic carbocycles. The van der Waals surface area contributed by atoms with Gasteiger partial charge in [0.2, 0.25) is 11.8 Å². The van der Waals surface area contributed by atoms with Crippen molar-refractivity contribution in [1.29, 1.82) is 0 Å². The fourth-order valence-electron chi connectivity index (χ4n) is 2.89. The normalized spacial score (nSPS) is 21.4. The number of amides is 2. The van der Waals surface area contributed by atoms with Crippen LogP contribution in [0.15, 0.2) is 18.6 Å². The Morgan fingerprint density at radius 2 is 2.18 bits per heavy atom. The van der Waals surface area contributed by atoms with Crippen LogP contribution in [0.5, 0.6) is 0 Å². The summed E-state index contributed by atoms with van der Waals surface area (Å²) < 4.78 is 1.75. The molecule has 0 bridgehead atoms. The second-order valence-electron chi connectivity index (χ2n) is 5.55. The highest BCUT2D eigenvalue weighted by atomic mass is 16.2. The molecule has 0 saturated carbocycles. The minimum Gasteiger partial charge on any atom is -0.338 e. The first kappa shape index (κ1) is 14.3. The number of aromatic amines is 1. The molecule has 0 unspecified atom stereocenters. The highest BCUT2D eigenvalue weighted by molar-refractivity contribution is 5.97. The molecule has 2 aromatic heterocycles. The number of nitrogens with one attached hydrogen (secondary N) is 2. The maximum absolute atomic E-state index is 12.5. The van der Waals surface area contributed by atoms with Gasteiger partial charge in [0.05, 0.1) is 30.0 Å². The number of nitrogens with zero attached hydrogens (tertiary/aromatic N) is 4. The lowest BCUT2D eigenvalue weighted by Crippen LogP contribution is -2.30. The van der Waals surface area contributed by atoms with E-state index in [-0.39, 0.29) is 24.3 Å². The van der Waals surface area contributed by atoms with Crippen LogP contribution < -0.4 is 5.32 Å². The topological polar surface area (TPSA) is 95.9 Å². The van der Waals surface area contributed by atoms with Gasteiger partial charge in [-0.3, -0.25) is 19.4 Å². The number of aromatic nitrogens is 4. The maximum Gasteiger partial charge on any atom is 0.230 e. The summed E-state index contributed by atoms with van der Waals surface area (Å²) in [6.45, 7) is 1.93. The molecule has 3 heterocycles. The van der Waals surface area contributed by atoms with Crippen LogP contribution in [0.2, 0.25) is 0 Å². The molecule has 2 aromatic rings. The monoisotopic (exact) mass is 302 g/mol. The van der Waals surface area contributed by atoms with Crippen molar-refractivity contribution >= 4 is 17.5 Å². The predicted molar refractivity (Wildman–Crippen MR) is 78.8 cm³/mol. The largest absolute Gasteiger partial charge is 0.338 e. The van der Waals surface area contributed by atoms with Gasteiger partial charge in [-0.05, 0) is 6.92 Å². The van der Waals surface area contributed by atoms with Gasteiger partial charge in [0.15, 0.2) is 0 Å². The van der Waals surface area contributed by atoms with Crippen molar-refractivity contribution in [3.63, 3.8) is 0 Å². The number of rotatable bonds is 3. The van der Waals surface area contributed by atoms with E-state index in [1.165, 1.54) is 6.20 Å². The summed E-state index contributed by atoms with van der Waals surface area (Å²) in [5.74, 6) is -0.678. The lowest BCUT2D eigenvalue weighted by molar-refractivity contribution is -0.127. The Hall–Kier alpha value is -2.64. The number of hydrogen-bond donors (Lipinski definition) is 2. The zero-order valence-electron chi connectivity index (χ0n) is 12.7. The van der Waals surface area contributed by atoms with E-state index in [1.807, 2.05) is 14.0 Å². The molecule has 2 atom stereocenters. The summed E-state index contributed by atoms with van der Waals surface area (Å²) in [7, 11) is 3.57. The molecule has 2 amide bonds. The highest BCUT2D eigenvalue weighted by Gasteiger charge is 2.44. The quantitative estimate of drug-likeness (QED) is 0.868. The zero-order chi connectivity index (χ0) is 15.9. The van der Waals surface area contributed by atoms with Crippen LogP contribution in [-0.2, 0) is 16.6 Å². The molecule has 0 radical (unpaired) electrons. The van der Waals surface area contributed by atoms with Gasteiger partial charge in [-0.25, -0.2) is 0 Å². The molecule has 0 spiro atoms. The van der Waals surface area contributed by atoms with E-state index in [2.05, 4.69) is 20.6 Å². The molecule has 1 aliphatic rings. The Morgan fingerprint density at radius 1 is 1.41 bits per heavy atom. The molecule has 0 aliphatic carbocycles. The van der Waals surface area contributed by atoms with Crippen LogP contribution >= 0.6 is 0 Å². The SMILES string of the molecule is Cc1c([C@@H]2[C@@H](C(=O)Nc3cn[nH]c3)CC(=O)N2C)cnn1C. The van der Waals surface area contributed by atoms with Crippen LogP contribution in [0.3, 0.4) is 0 Å². The van der Waals surface area contributed by atoms with E-state index in [0.29, 0.717) is 5.69 Å². The lowest BCUT2D eigenvalue weighted by atomic mass is 9.93. The van der Waals surface area contributed by atoms with Crippen LogP contribution in [-0.4, -0.2) is 43.7 Å². The van der Waals surface area contributed by atoms with Crippen molar-refractivity contribution in [1.82, 2.24) is 24.9 Å². The van der Waals surface area contributed by atoms with Crippen LogP contribution in [0.4, 0.5) is 5.69 Å². The molecule has 8 nitrogen and oxygen atoms in total. The van der Waals surface area contributed by atoms with E-state index < -0.39 is 5.92 Å². The molecule has 1 saturated heterocycles. The Bertz CT molecular complexity index is 705. The van der Waals surface area contributed by atoms with Gasteiger partial charge < -0.3 is 10.2 Å². The van der Waals surface area contributed by atoms with Gasteiger partial charge in [-0.2, -0.15) is 10.2 Å². The summed E-state index contributed by atoms with van der Waals surface area (Å²) in [4.78, 5) is 26.3. The molecule has 1 aliphatic heterocycles. The zero-order valence-corrected chi connectivity index (χ0v) is 12.7. The van der Waals surface area contributed by atoms with Gasteiger partial charge in [0, 0.05) is 38.0 Å². The second kappa shape index (κ2) is 5.28. The predicted octanol–water partition coefficient (Wildman–Crippen LogP) is 0.610. The van der Waals surface area contributed by atoms with E-state index in [0.717, 1.165) is 11.3 Å².